The number of allylic oxidation sites excluding steroid dienone is 2. The highest BCUT2D eigenvalue weighted by Gasteiger charge is 2.39. The number of hydrogen-bond acceptors (Lipinski definition) is 2. The molecule has 0 radical (unpaired) electrons. The molecule has 0 fully saturated rings. The van der Waals surface area contributed by atoms with Crippen LogP contribution >= 0.6 is 0 Å². The quantitative estimate of drug-likeness (QED) is 0.470. The predicted octanol–water partition coefficient (Wildman–Crippen LogP) is 2.00. The third-order valence-electron chi connectivity index (χ3n) is 1.96. The third kappa shape index (κ3) is 1.84. The summed E-state index contributed by atoms with van der Waals surface area (Å²) in [6.07, 6.45) is 4.61. The van der Waals surface area contributed by atoms with E-state index in [9.17, 15) is 9.18 Å². The molecule has 0 amide bonds. The molecule has 0 bridgehead atoms. The van der Waals surface area contributed by atoms with Crippen molar-refractivity contribution in [3.63, 3.8) is 0 Å². The van der Waals surface area contributed by atoms with Crippen molar-refractivity contribution in [1.29, 1.82) is 0 Å². The molecular weight excluding hydrogens is 159 g/mol. The molecule has 68 valence electrons. The number of ether oxygens (including phenoxy) is 1. The molecule has 12 heavy (non-hydrogen) atoms. The van der Waals surface area contributed by atoms with Gasteiger partial charge in [0.25, 0.3) is 0 Å². The van der Waals surface area contributed by atoms with Crippen molar-refractivity contribution in [1.82, 2.24) is 0 Å². The van der Waals surface area contributed by atoms with Crippen LogP contribution in [-0.4, -0.2) is 18.2 Å². The lowest BCUT2D eigenvalue weighted by atomic mass is 9.91. The average molecular weight is 172 g/mol. The fourth-order valence-corrected chi connectivity index (χ4v) is 1.25. The lowest BCUT2D eigenvalue weighted by Crippen LogP contribution is -2.36. The molecule has 1 atom stereocenters. The summed E-state index contributed by atoms with van der Waals surface area (Å²) in [5.74, 6) is -0.714. The van der Waals surface area contributed by atoms with Gasteiger partial charge in [-0.3, -0.25) is 0 Å². The average Bonchev–Trinajstić information content (AvgIpc) is 2.06. The van der Waals surface area contributed by atoms with Crippen molar-refractivity contribution in [2.45, 2.75) is 31.9 Å². The SMILES string of the molecule is CCOC(=O)C1(F)CC=CCC1. The second-order valence-electron chi connectivity index (χ2n) is 2.90. The largest absolute Gasteiger partial charge is 0.464 e. The van der Waals surface area contributed by atoms with Gasteiger partial charge in [0, 0.05) is 6.42 Å². The maximum atomic E-state index is 13.6. The van der Waals surface area contributed by atoms with E-state index >= 15 is 0 Å². The Morgan fingerprint density at radius 2 is 2.42 bits per heavy atom. The lowest BCUT2D eigenvalue weighted by molar-refractivity contribution is -0.157. The van der Waals surface area contributed by atoms with Crippen LogP contribution in [0.3, 0.4) is 0 Å². The molecule has 0 aromatic heterocycles. The second-order valence-corrected chi connectivity index (χ2v) is 2.90. The summed E-state index contributed by atoms with van der Waals surface area (Å²) in [7, 11) is 0. The van der Waals surface area contributed by atoms with Gasteiger partial charge >= 0.3 is 5.97 Å². The molecule has 1 rings (SSSR count). The number of carbonyl (C=O) groups is 1. The van der Waals surface area contributed by atoms with Crippen LogP contribution in [-0.2, 0) is 9.53 Å². The van der Waals surface area contributed by atoms with Gasteiger partial charge in [-0.25, -0.2) is 9.18 Å². The highest BCUT2D eigenvalue weighted by molar-refractivity contribution is 5.79. The summed E-state index contributed by atoms with van der Waals surface area (Å²) >= 11 is 0. The molecule has 0 saturated heterocycles. The van der Waals surface area contributed by atoms with Crippen molar-refractivity contribution in [2.75, 3.05) is 6.61 Å². The zero-order valence-electron chi connectivity index (χ0n) is 7.18. The molecule has 0 aliphatic heterocycles. The van der Waals surface area contributed by atoms with E-state index in [1.807, 2.05) is 6.08 Å². The Balaban J connectivity index is 2.58. The number of alkyl halides is 1. The Hall–Kier alpha value is -0.860. The minimum atomic E-state index is -1.76. The Labute approximate surface area is 71.4 Å². The van der Waals surface area contributed by atoms with E-state index in [4.69, 9.17) is 0 Å². The van der Waals surface area contributed by atoms with Gasteiger partial charge in [-0.05, 0) is 19.8 Å². The van der Waals surface area contributed by atoms with Crippen LogP contribution in [0.4, 0.5) is 4.39 Å². The molecule has 1 aliphatic carbocycles. The van der Waals surface area contributed by atoms with Crippen molar-refractivity contribution >= 4 is 5.97 Å². The zero-order chi connectivity index (χ0) is 9.03. The van der Waals surface area contributed by atoms with E-state index in [0.717, 1.165) is 0 Å². The Bertz CT molecular complexity index is 201. The lowest BCUT2D eigenvalue weighted by Gasteiger charge is -2.23. The summed E-state index contributed by atoms with van der Waals surface area (Å²) in [4.78, 5) is 11.1. The predicted molar refractivity (Wildman–Crippen MR) is 43.5 cm³/mol. The first-order valence-corrected chi connectivity index (χ1v) is 4.20. The molecule has 0 aromatic carbocycles. The smallest absolute Gasteiger partial charge is 0.344 e. The molecule has 0 saturated carbocycles. The van der Waals surface area contributed by atoms with Crippen molar-refractivity contribution < 1.29 is 13.9 Å². The maximum absolute atomic E-state index is 13.6. The van der Waals surface area contributed by atoms with E-state index in [1.54, 1.807) is 13.0 Å². The van der Waals surface area contributed by atoms with Crippen LogP contribution in [0.1, 0.15) is 26.2 Å². The van der Waals surface area contributed by atoms with Crippen LogP contribution < -0.4 is 0 Å². The number of halogens is 1. The molecule has 1 aliphatic rings. The third-order valence-corrected chi connectivity index (χ3v) is 1.96. The first kappa shape index (κ1) is 9.23. The van der Waals surface area contributed by atoms with Gasteiger partial charge in [0.05, 0.1) is 6.61 Å². The van der Waals surface area contributed by atoms with Gasteiger partial charge in [-0.15, -0.1) is 0 Å². The van der Waals surface area contributed by atoms with Gasteiger partial charge in [-0.1, -0.05) is 12.2 Å². The fourth-order valence-electron chi connectivity index (χ4n) is 1.25. The molecule has 1 unspecified atom stereocenters. The maximum Gasteiger partial charge on any atom is 0.344 e. The highest BCUT2D eigenvalue weighted by atomic mass is 19.1. The van der Waals surface area contributed by atoms with E-state index < -0.39 is 11.6 Å². The van der Waals surface area contributed by atoms with Gasteiger partial charge in [0.15, 0.2) is 0 Å². The monoisotopic (exact) mass is 172 g/mol. The van der Waals surface area contributed by atoms with E-state index in [2.05, 4.69) is 4.74 Å². The molecule has 0 aromatic rings. The van der Waals surface area contributed by atoms with Gasteiger partial charge in [-0.2, -0.15) is 0 Å². The number of esters is 1. The minimum Gasteiger partial charge on any atom is -0.464 e. The molecule has 0 spiro atoms. The van der Waals surface area contributed by atoms with Crippen LogP contribution in [0.25, 0.3) is 0 Å². The van der Waals surface area contributed by atoms with Gasteiger partial charge in [0.1, 0.15) is 0 Å². The van der Waals surface area contributed by atoms with E-state index in [-0.39, 0.29) is 19.4 Å². The second kappa shape index (κ2) is 3.70. The normalized spacial score (nSPS) is 28.5. The van der Waals surface area contributed by atoms with Crippen LogP contribution in [0.5, 0.6) is 0 Å². The molecule has 0 N–H and O–H groups in total. The van der Waals surface area contributed by atoms with E-state index in [0.29, 0.717) is 6.42 Å². The van der Waals surface area contributed by atoms with Gasteiger partial charge < -0.3 is 4.74 Å². The van der Waals surface area contributed by atoms with Crippen LogP contribution in [0, 0.1) is 0 Å². The van der Waals surface area contributed by atoms with E-state index in [1.165, 1.54) is 0 Å². The molecule has 2 nitrogen and oxygen atoms in total. The Morgan fingerprint density at radius 1 is 1.67 bits per heavy atom. The van der Waals surface area contributed by atoms with Crippen molar-refractivity contribution in [3.05, 3.63) is 12.2 Å². The summed E-state index contributed by atoms with van der Waals surface area (Å²) in [5.41, 5.74) is -1.76. The number of hydrogen-bond donors (Lipinski definition) is 0. The topological polar surface area (TPSA) is 26.3 Å². The highest BCUT2D eigenvalue weighted by Crippen LogP contribution is 2.28. The Morgan fingerprint density at radius 3 is 2.92 bits per heavy atom. The standard InChI is InChI=1S/C9H13FO2/c1-2-12-8(11)9(10)6-4-3-5-7-9/h3-4H,2,5-7H2,1H3. The van der Waals surface area contributed by atoms with Gasteiger partial charge in [0.2, 0.25) is 5.67 Å². The minimum absolute atomic E-state index is 0.159. The number of carbonyl (C=O) groups excluding carboxylic acids is 1. The fraction of sp³-hybridized carbons (Fsp3) is 0.667. The summed E-state index contributed by atoms with van der Waals surface area (Å²) in [6.45, 7) is 1.92. The van der Waals surface area contributed by atoms with Crippen LogP contribution in [0.2, 0.25) is 0 Å². The summed E-state index contributed by atoms with van der Waals surface area (Å²) < 4.78 is 18.3. The Kier molecular flexibility index (Phi) is 2.84. The first-order valence-electron chi connectivity index (χ1n) is 4.20. The molecule has 0 heterocycles. The van der Waals surface area contributed by atoms with Crippen molar-refractivity contribution in [3.8, 4) is 0 Å². The summed E-state index contributed by atoms with van der Waals surface area (Å²) in [5, 5.41) is 0. The molecular formula is C9H13FO2. The molecule has 3 heteroatoms. The zero-order valence-corrected chi connectivity index (χ0v) is 7.18. The number of rotatable bonds is 2. The van der Waals surface area contributed by atoms with Crippen molar-refractivity contribution in [2.24, 2.45) is 0 Å². The first-order chi connectivity index (χ1) is 5.69. The van der Waals surface area contributed by atoms with Crippen LogP contribution in [0.15, 0.2) is 12.2 Å². The summed E-state index contributed by atoms with van der Waals surface area (Å²) in [6, 6.07) is 0.